The molecule has 0 aliphatic carbocycles. The molecule has 0 spiro atoms. The minimum absolute atomic E-state index is 0.0273. The molecule has 2 aliphatic heterocycles. The summed E-state index contributed by atoms with van der Waals surface area (Å²) in [5.74, 6) is 1.80. The van der Waals surface area contributed by atoms with Crippen LogP contribution < -0.4 is 19.5 Å². The summed E-state index contributed by atoms with van der Waals surface area (Å²) in [6.45, 7) is 0.674. The summed E-state index contributed by atoms with van der Waals surface area (Å²) in [5, 5.41) is 17.6. The summed E-state index contributed by atoms with van der Waals surface area (Å²) in [6.07, 6.45) is 7.96. The van der Waals surface area contributed by atoms with Gasteiger partial charge in [-0.05, 0) is 23.3 Å². The van der Waals surface area contributed by atoms with Gasteiger partial charge in [-0.3, -0.25) is 9.67 Å². The fraction of sp³-hybridized carbons (Fsp3) is 0.304. The van der Waals surface area contributed by atoms with Gasteiger partial charge in [0.25, 0.3) is 0 Å². The van der Waals surface area contributed by atoms with E-state index in [-0.39, 0.29) is 12.6 Å². The zero-order valence-electron chi connectivity index (χ0n) is 17.9. The molecule has 2 unspecified atom stereocenters. The first kappa shape index (κ1) is 19.7. The molecule has 33 heavy (non-hydrogen) atoms. The lowest BCUT2D eigenvalue weighted by molar-refractivity contribution is 0.116. The number of hydrogen-bond acceptors (Lipinski definition) is 9. The van der Waals surface area contributed by atoms with E-state index in [1.807, 2.05) is 29.2 Å². The van der Waals surface area contributed by atoms with E-state index in [9.17, 15) is 5.11 Å². The minimum Gasteiger partial charge on any atom is -0.489 e. The summed E-state index contributed by atoms with van der Waals surface area (Å²) in [4.78, 5) is 13.3. The van der Waals surface area contributed by atoms with Crippen molar-refractivity contribution in [2.45, 2.75) is 25.1 Å². The second kappa shape index (κ2) is 7.89. The van der Waals surface area contributed by atoms with Crippen LogP contribution in [0.25, 0.3) is 11.0 Å². The largest absolute Gasteiger partial charge is 0.489 e. The quantitative estimate of drug-likeness (QED) is 0.486. The zero-order valence-corrected chi connectivity index (χ0v) is 17.9. The standard InChI is InChI=1S/C23H22N6O4/c1-31-20-3-2-17-22(28-20)16-7-15(11-32-18(16)9-25-17)29-10-13(8-26-29)6-14-4-5-24-23-21(14)27-19(30)12-33-23/h2-5,8-10,15,19,27,30H,6-7,11-12H2,1H3. The second-order valence-corrected chi connectivity index (χ2v) is 8.12. The molecule has 0 saturated heterocycles. The van der Waals surface area contributed by atoms with Crippen molar-refractivity contribution in [3.63, 3.8) is 0 Å². The summed E-state index contributed by atoms with van der Waals surface area (Å²) in [5.41, 5.74) is 5.34. The molecule has 168 valence electrons. The van der Waals surface area contributed by atoms with Gasteiger partial charge in [-0.2, -0.15) is 5.10 Å². The molecule has 6 rings (SSSR count). The van der Waals surface area contributed by atoms with Crippen molar-refractivity contribution in [1.82, 2.24) is 24.7 Å². The predicted molar refractivity (Wildman–Crippen MR) is 119 cm³/mol. The Morgan fingerprint density at radius 3 is 3.03 bits per heavy atom. The molecule has 2 aliphatic rings. The molecule has 2 N–H and O–H groups in total. The fourth-order valence-electron chi connectivity index (χ4n) is 4.31. The Bertz CT molecular complexity index is 1330. The smallest absolute Gasteiger partial charge is 0.237 e. The van der Waals surface area contributed by atoms with Crippen LogP contribution in [-0.4, -0.2) is 56.4 Å². The number of rotatable bonds is 4. The summed E-state index contributed by atoms with van der Waals surface area (Å²) in [7, 11) is 1.60. The predicted octanol–water partition coefficient (Wildman–Crippen LogP) is 2.12. The monoisotopic (exact) mass is 446 g/mol. The van der Waals surface area contributed by atoms with Gasteiger partial charge < -0.3 is 24.6 Å². The van der Waals surface area contributed by atoms with E-state index in [2.05, 4.69) is 25.4 Å². The van der Waals surface area contributed by atoms with Gasteiger partial charge in [0.1, 0.15) is 24.7 Å². The Morgan fingerprint density at radius 1 is 1.18 bits per heavy atom. The third-order valence-electron chi connectivity index (χ3n) is 5.95. The number of hydrogen-bond donors (Lipinski definition) is 2. The maximum absolute atomic E-state index is 9.90. The molecule has 4 aromatic heterocycles. The Balaban J connectivity index is 1.26. The van der Waals surface area contributed by atoms with Crippen LogP contribution in [0.4, 0.5) is 5.69 Å². The molecular weight excluding hydrogens is 424 g/mol. The van der Waals surface area contributed by atoms with Crippen molar-refractivity contribution in [3.05, 3.63) is 59.7 Å². The minimum atomic E-state index is -0.751. The van der Waals surface area contributed by atoms with Crippen molar-refractivity contribution >= 4 is 16.7 Å². The molecule has 0 amide bonds. The maximum atomic E-state index is 9.90. The molecule has 0 aromatic carbocycles. The van der Waals surface area contributed by atoms with Gasteiger partial charge in [-0.15, -0.1) is 0 Å². The van der Waals surface area contributed by atoms with Gasteiger partial charge >= 0.3 is 0 Å². The van der Waals surface area contributed by atoms with Crippen molar-refractivity contribution in [2.75, 3.05) is 25.6 Å². The molecule has 0 radical (unpaired) electrons. The number of aliphatic hydroxyl groups excluding tert-OH is 1. The third kappa shape index (κ3) is 3.58. The highest BCUT2D eigenvalue weighted by atomic mass is 16.5. The molecule has 0 fully saturated rings. The highest BCUT2D eigenvalue weighted by Crippen LogP contribution is 2.35. The Hall–Kier alpha value is -3.92. The lowest BCUT2D eigenvalue weighted by Crippen LogP contribution is -2.31. The number of aliphatic hydroxyl groups is 1. The van der Waals surface area contributed by atoms with E-state index in [4.69, 9.17) is 14.2 Å². The molecule has 0 saturated carbocycles. The first-order valence-electron chi connectivity index (χ1n) is 10.7. The average molecular weight is 446 g/mol. The highest BCUT2D eigenvalue weighted by molar-refractivity contribution is 5.80. The SMILES string of the molecule is COc1ccc2ncc3c(c2n1)CC(n1cc(Cc2ccnc4c2NC(O)CO4)cn1)CO3. The number of aromatic nitrogens is 5. The normalized spacial score (nSPS) is 19.1. The lowest BCUT2D eigenvalue weighted by Gasteiger charge is -2.26. The van der Waals surface area contributed by atoms with Crippen molar-refractivity contribution in [1.29, 1.82) is 0 Å². The van der Waals surface area contributed by atoms with Gasteiger partial charge in [-0.1, -0.05) is 0 Å². The van der Waals surface area contributed by atoms with E-state index in [0.717, 1.165) is 45.6 Å². The molecule has 0 bridgehead atoms. The Morgan fingerprint density at radius 2 is 2.12 bits per heavy atom. The van der Waals surface area contributed by atoms with Crippen molar-refractivity contribution < 1.29 is 19.3 Å². The van der Waals surface area contributed by atoms with Gasteiger partial charge in [0, 0.05) is 36.9 Å². The summed E-state index contributed by atoms with van der Waals surface area (Å²) in [6, 6.07) is 5.66. The topological polar surface area (TPSA) is 116 Å². The maximum Gasteiger partial charge on any atom is 0.237 e. The van der Waals surface area contributed by atoms with Crippen LogP contribution in [0.2, 0.25) is 0 Å². The highest BCUT2D eigenvalue weighted by Gasteiger charge is 2.26. The van der Waals surface area contributed by atoms with Crippen LogP contribution in [0.3, 0.4) is 0 Å². The number of fused-ring (bicyclic) bond motifs is 4. The second-order valence-electron chi connectivity index (χ2n) is 8.12. The van der Waals surface area contributed by atoms with Gasteiger partial charge in [0.2, 0.25) is 11.8 Å². The van der Waals surface area contributed by atoms with Crippen LogP contribution >= 0.6 is 0 Å². The Kier molecular flexibility index (Phi) is 4.72. The number of nitrogens with zero attached hydrogens (tertiary/aromatic N) is 5. The van der Waals surface area contributed by atoms with Gasteiger partial charge in [0.05, 0.1) is 36.6 Å². The number of anilines is 1. The lowest BCUT2D eigenvalue weighted by atomic mass is 10.0. The van der Waals surface area contributed by atoms with E-state index in [0.29, 0.717) is 24.8 Å². The molecule has 6 heterocycles. The summed E-state index contributed by atoms with van der Waals surface area (Å²) < 4.78 is 18.8. The van der Waals surface area contributed by atoms with E-state index in [1.165, 1.54) is 0 Å². The van der Waals surface area contributed by atoms with Crippen LogP contribution in [0, 0.1) is 0 Å². The van der Waals surface area contributed by atoms with Gasteiger partial charge in [0.15, 0.2) is 6.23 Å². The number of methoxy groups -OCH3 is 1. The number of nitrogens with one attached hydrogen (secondary N) is 1. The van der Waals surface area contributed by atoms with E-state index in [1.54, 1.807) is 25.6 Å². The van der Waals surface area contributed by atoms with Crippen molar-refractivity contribution in [2.24, 2.45) is 0 Å². The fourth-order valence-corrected chi connectivity index (χ4v) is 4.31. The molecule has 2 atom stereocenters. The van der Waals surface area contributed by atoms with Crippen LogP contribution in [0.5, 0.6) is 17.5 Å². The number of pyridine rings is 3. The van der Waals surface area contributed by atoms with Gasteiger partial charge in [-0.25, -0.2) is 9.97 Å². The van der Waals surface area contributed by atoms with Crippen LogP contribution in [0.15, 0.2) is 43.0 Å². The number of ether oxygens (including phenoxy) is 3. The summed E-state index contributed by atoms with van der Waals surface area (Å²) >= 11 is 0. The average Bonchev–Trinajstić information content (AvgIpc) is 3.32. The van der Waals surface area contributed by atoms with Crippen molar-refractivity contribution in [3.8, 4) is 17.5 Å². The first-order chi connectivity index (χ1) is 16.2. The molecular formula is C23H22N6O4. The Labute approximate surface area is 189 Å². The zero-order chi connectivity index (χ0) is 22.4. The molecule has 4 aromatic rings. The van der Waals surface area contributed by atoms with Crippen LogP contribution in [0.1, 0.15) is 22.7 Å². The van der Waals surface area contributed by atoms with E-state index >= 15 is 0 Å². The molecule has 10 heteroatoms. The first-order valence-corrected chi connectivity index (χ1v) is 10.7. The third-order valence-corrected chi connectivity index (χ3v) is 5.95. The van der Waals surface area contributed by atoms with Crippen LogP contribution in [-0.2, 0) is 12.8 Å². The van der Waals surface area contributed by atoms with E-state index < -0.39 is 6.23 Å². The molecule has 10 nitrogen and oxygen atoms in total.